The molecule has 0 fully saturated rings. The van der Waals surface area contributed by atoms with Crippen molar-refractivity contribution in [1.29, 1.82) is 0 Å². The molecule has 1 N–H and O–H groups in total. The summed E-state index contributed by atoms with van der Waals surface area (Å²) < 4.78 is 26.3. The number of nitrogens with zero attached hydrogens (tertiary/aromatic N) is 1. The van der Waals surface area contributed by atoms with Crippen LogP contribution < -0.4 is 5.32 Å². The Morgan fingerprint density at radius 2 is 1.55 bits per heavy atom. The van der Waals surface area contributed by atoms with E-state index in [1.165, 1.54) is 29.8 Å². The quantitative estimate of drug-likeness (QED) is 0.576. The van der Waals surface area contributed by atoms with E-state index in [4.69, 9.17) is 0 Å². The second-order valence-corrected chi connectivity index (χ2v) is 7.48. The lowest BCUT2D eigenvalue weighted by atomic mass is 9.92. The molecule has 0 bridgehead atoms. The fourth-order valence-corrected chi connectivity index (χ4v) is 3.84. The molecule has 0 amide bonds. The Bertz CT molecular complexity index is 978. The number of hydrogen-bond acceptors (Lipinski definition) is 2. The van der Waals surface area contributed by atoms with E-state index in [0.29, 0.717) is 6.04 Å². The van der Waals surface area contributed by atoms with Crippen LogP contribution in [-0.4, -0.2) is 17.6 Å². The van der Waals surface area contributed by atoms with Crippen LogP contribution in [0.25, 0.3) is 16.7 Å². The minimum absolute atomic E-state index is 0.199. The Morgan fingerprint density at radius 3 is 2.28 bits per heavy atom. The highest BCUT2D eigenvalue weighted by Gasteiger charge is 2.16. The number of nitrogens with one attached hydrogen (secondary N) is 1. The summed E-state index contributed by atoms with van der Waals surface area (Å²) in [4.78, 5) is 4.49. The summed E-state index contributed by atoms with van der Waals surface area (Å²) in [5.41, 5.74) is 5.50. The number of halogens is 2. The third kappa shape index (κ3) is 5.15. The normalized spacial score (nSPS) is 16.5. The first kappa shape index (κ1) is 19.5. The van der Waals surface area contributed by atoms with Crippen molar-refractivity contribution in [3.8, 4) is 11.1 Å². The molecule has 29 heavy (non-hydrogen) atoms. The lowest BCUT2D eigenvalue weighted by Crippen LogP contribution is -2.32. The van der Waals surface area contributed by atoms with Gasteiger partial charge in [-0.2, -0.15) is 0 Å². The van der Waals surface area contributed by atoms with Gasteiger partial charge in [-0.25, -0.2) is 8.78 Å². The minimum atomic E-state index is -0.225. The van der Waals surface area contributed by atoms with Crippen molar-refractivity contribution in [2.45, 2.75) is 31.7 Å². The van der Waals surface area contributed by atoms with Crippen LogP contribution in [0.2, 0.25) is 0 Å². The van der Waals surface area contributed by atoms with Crippen molar-refractivity contribution in [3.63, 3.8) is 0 Å². The standard InChI is InChI=1S/C25H24F2N2/c26-22-8-4-18(5-9-22)20-12-14-28-24(16-20)2-1-3-25-17-21(13-15-29-25)19-6-10-23(27)11-7-19/h4-14,16,25,29H,1-3,15,17H2. The van der Waals surface area contributed by atoms with Crippen molar-refractivity contribution in [2.24, 2.45) is 0 Å². The second kappa shape index (κ2) is 9.10. The molecule has 1 atom stereocenters. The zero-order chi connectivity index (χ0) is 20.1. The van der Waals surface area contributed by atoms with Gasteiger partial charge >= 0.3 is 0 Å². The van der Waals surface area contributed by atoms with Gasteiger partial charge in [0.1, 0.15) is 11.6 Å². The average Bonchev–Trinajstić information content (AvgIpc) is 2.75. The summed E-state index contributed by atoms with van der Waals surface area (Å²) in [6.45, 7) is 0.843. The molecule has 0 spiro atoms. The van der Waals surface area contributed by atoms with Gasteiger partial charge in [0.25, 0.3) is 0 Å². The van der Waals surface area contributed by atoms with E-state index in [0.717, 1.165) is 54.6 Å². The monoisotopic (exact) mass is 390 g/mol. The number of aryl methyl sites for hydroxylation is 1. The molecule has 1 aromatic heterocycles. The molecule has 4 rings (SSSR count). The number of rotatable bonds is 6. The van der Waals surface area contributed by atoms with E-state index < -0.39 is 0 Å². The summed E-state index contributed by atoms with van der Waals surface area (Å²) in [7, 11) is 0. The van der Waals surface area contributed by atoms with Crippen LogP contribution in [0.3, 0.4) is 0 Å². The van der Waals surface area contributed by atoms with Gasteiger partial charge in [0.05, 0.1) is 0 Å². The highest BCUT2D eigenvalue weighted by atomic mass is 19.1. The molecule has 2 aromatic carbocycles. The van der Waals surface area contributed by atoms with E-state index in [1.807, 2.05) is 24.4 Å². The Kier molecular flexibility index (Phi) is 6.11. The van der Waals surface area contributed by atoms with Crippen molar-refractivity contribution in [2.75, 3.05) is 6.54 Å². The molecule has 2 heterocycles. The maximum Gasteiger partial charge on any atom is 0.123 e. The van der Waals surface area contributed by atoms with Crippen LogP contribution in [0.4, 0.5) is 8.78 Å². The lowest BCUT2D eigenvalue weighted by Gasteiger charge is -2.24. The van der Waals surface area contributed by atoms with Crippen molar-refractivity contribution in [1.82, 2.24) is 10.3 Å². The zero-order valence-corrected chi connectivity index (χ0v) is 16.2. The fourth-order valence-electron chi connectivity index (χ4n) is 3.84. The molecule has 4 heteroatoms. The summed E-state index contributed by atoms with van der Waals surface area (Å²) in [5.74, 6) is -0.424. The summed E-state index contributed by atoms with van der Waals surface area (Å²) in [6, 6.07) is 17.8. The molecule has 0 aliphatic carbocycles. The third-order valence-corrected chi connectivity index (χ3v) is 5.42. The molecular weight excluding hydrogens is 366 g/mol. The van der Waals surface area contributed by atoms with E-state index >= 15 is 0 Å². The minimum Gasteiger partial charge on any atom is -0.310 e. The van der Waals surface area contributed by atoms with Crippen molar-refractivity contribution >= 4 is 5.57 Å². The Labute approximate surface area is 170 Å². The van der Waals surface area contributed by atoms with Gasteiger partial charge < -0.3 is 5.32 Å². The molecule has 1 unspecified atom stereocenters. The summed E-state index contributed by atoms with van der Waals surface area (Å²) in [5, 5.41) is 3.55. The Morgan fingerprint density at radius 1 is 0.862 bits per heavy atom. The van der Waals surface area contributed by atoms with Gasteiger partial charge in [0.15, 0.2) is 0 Å². The van der Waals surface area contributed by atoms with Gasteiger partial charge in [-0.1, -0.05) is 30.3 Å². The molecule has 148 valence electrons. The fraction of sp³-hybridized carbons (Fsp3) is 0.240. The van der Waals surface area contributed by atoms with Gasteiger partial charge in [0.2, 0.25) is 0 Å². The molecule has 2 nitrogen and oxygen atoms in total. The average molecular weight is 390 g/mol. The van der Waals surface area contributed by atoms with Crippen LogP contribution in [0.15, 0.2) is 72.9 Å². The first-order valence-electron chi connectivity index (χ1n) is 10.1. The van der Waals surface area contributed by atoms with Crippen LogP contribution in [0.1, 0.15) is 30.5 Å². The molecule has 3 aromatic rings. The third-order valence-electron chi connectivity index (χ3n) is 5.42. The molecule has 1 aliphatic rings. The maximum atomic E-state index is 13.2. The topological polar surface area (TPSA) is 24.9 Å². The first-order valence-corrected chi connectivity index (χ1v) is 10.1. The van der Waals surface area contributed by atoms with Crippen LogP contribution in [-0.2, 0) is 6.42 Å². The van der Waals surface area contributed by atoms with E-state index in [-0.39, 0.29) is 11.6 Å². The van der Waals surface area contributed by atoms with Crippen molar-refractivity contribution < 1.29 is 8.78 Å². The Balaban J connectivity index is 1.32. The number of aromatic nitrogens is 1. The smallest absolute Gasteiger partial charge is 0.123 e. The predicted octanol–water partition coefficient (Wildman–Crippen LogP) is 5.80. The second-order valence-electron chi connectivity index (χ2n) is 7.48. The highest BCUT2D eigenvalue weighted by Crippen LogP contribution is 2.25. The molecular formula is C25H24F2N2. The van der Waals surface area contributed by atoms with E-state index in [2.05, 4.69) is 22.4 Å². The van der Waals surface area contributed by atoms with Crippen molar-refractivity contribution in [3.05, 3.63) is 95.8 Å². The largest absolute Gasteiger partial charge is 0.310 e. The molecule has 1 aliphatic heterocycles. The van der Waals surface area contributed by atoms with Gasteiger partial charge in [-0.15, -0.1) is 0 Å². The first-order chi connectivity index (χ1) is 14.2. The maximum absolute atomic E-state index is 13.2. The molecule has 0 radical (unpaired) electrons. The predicted molar refractivity (Wildman–Crippen MR) is 113 cm³/mol. The number of pyridine rings is 1. The Hall–Kier alpha value is -2.85. The van der Waals surface area contributed by atoms with Gasteiger partial charge in [-0.3, -0.25) is 4.98 Å². The van der Waals surface area contributed by atoms with Crippen LogP contribution in [0, 0.1) is 11.6 Å². The number of benzene rings is 2. The molecule has 0 saturated heterocycles. The van der Waals surface area contributed by atoms with E-state index in [1.54, 1.807) is 12.1 Å². The zero-order valence-electron chi connectivity index (χ0n) is 16.2. The van der Waals surface area contributed by atoms with Crippen LogP contribution >= 0.6 is 0 Å². The summed E-state index contributed by atoms with van der Waals surface area (Å²) >= 11 is 0. The lowest BCUT2D eigenvalue weighted by molar-refractivity contribution is 0.484. The highest BCUT2D eigenvalue weighted by molar-refractivity contribution is 5.67. The number of hydrogen-bond donors (Lipinski definition) is 1. The van der Waals surface area contributed by atoms with Gasteiger partial charge in [0, 0.05) is 24.5 Å². The van der Waals surface area contributed by atoms with Crippen LogP contribution in [0.5, 0.6) is 0 Å². The van der Waals surface area contributed by atoms with E-state index in [9.17, 15) is 8.78 Å². The van der Waals surface area contributed by atoms with Gasteiger partial charge in [-0.05, 0) is 84.3 Å². The summed E-state index contributed by atoms with van der Waals surface area (Å²) in [6.07, 6.45) is 7.96. The SMILES string of the molecule is Fc1ccc(C2=CCNC(CCCc3cc(-c4ccc(F)cc4)ccn3)C2)cc1. The molecule has 0 saturated carbocycles.